The zero-order valence-corrected chi connectivity index (χ0v) is 16.0. The van der Waals surface area contributed by atoms with Crippen LogP contribution in [0.1, 0.15) is 8.30 Å². The molecule has 0 saturated carbocycles. The quantitative estimate of drug-likeness (QED) is 0.858. The molecule has 0 bridgehead atoms. The van der Waals surface area contributed by atoms with Crippen molar-refractivity contribution in [1.29, 1.82) is 0 Å². The van der Waals surface area contributed by atoms with Gasteiger partial charge in [-0.3, -0.25) is 4.90 Å². The van der Waals surface area contributed by atoms with Crippen molar-refractivity contribution in [1.82, 2.24) is 9.80 Å². The van der Waals surface area contributed by atoms with Crippen LogP contribution in [0.2, 0.25) is 0 Å². The molecule has 2 aliphatic rings. The van der Waals surface area contributed by atoms with Crippen LogP contribution >= 0.6 is 11.8 Å². The number of piperazine rings is 1. The van der Waals surface area contributed by atoms with Crippen LogP contribution in [0.3, 0.4) is 0 Å². The molecule has 0 aromatic heterocycles. The Balaban J connectivity index is 1.46. The molecule has 0 radical (unpaired) electrons. The molecular weight excluding hydrogens is 358 g/mol. The minimum Gasteiger partial charge on any atom is -0.394 e. The zero-order chi connectivity index (χ0) is 20.3. The number of amidine groups is 1. The average Bonchev–Trinajstić information content (AvgIpc) is 2.91. The molecular formula is C21H25N3O2S. The van der Waals surface area contributed by atoms with Crippen LogP contribution in [0.4, 0.5) is 5.69 Å². The highest BCUT2D eigenvalue weighted by Gasteiger charge is 2.24. The van der Waals surface area contributed by atoms with Gasteiger partial charge in [0.2, 0.25) is 0 Å². The molecule has 4 rings (SSSR count). The number of benzene rings is 2. The van der Waals surface area contributed by atoms with E-state index >= 15 is 0 Å². The summed E-state index contributed by atoms with van der Waals surface area (Å²) in [7, 11) is 0. The fraction of sp³-hybridized carbons (Fsp3) is 0.381. The highest BCUT2D eigenvalue weighted by molar-refractivity contribution is 7.99. The van der Waals surface area contributed by atoms with Gasteiger partial charge in [0.15, 0.2) is 0 Å². The Labute approximate surface area is 167 Å². The largest absolute Gasteiger partial charge is 0.394 e. The summed E-state index contributed by atoms with van der Waals surface area (Å²) < 4.78 is 20.0. The predicted octanol–water partition coefficient (Wildman–Crippen LogP) is 2.86. The maximum absolute atomic E-state index is 8.95. The third-order valence-electron chi connectivity index (χ3n) is 4.79. The van der Waals surface area contributed by atoms with Gasteiger partial charge in [0.05, 0.1) is 28.2 Å². The molecule has 0 unspecified atom stereocenters. The summed E-state index contributed by atoms with van der Waals surface area (Å²) in [5.41, 5.74) is 2.17. The van der Waals surface area contributed by atoms with Gasteiger partial charge in [-0.15, -0.1) is 0 Å². The van der Waals surface area contributed by atoms with Crippen molar-refractivity contribution in [2.75, 3.05) is 52.5 Å². The van der Waals surface area contributed by atoms with E-state index in [2.05, 4.69) is 52.3 Å². The van der Waals surface area contributed by atoms with Crippen LogP contribution in [0.15, 0.2) is 63.3 Å². The summed E-state index contributed by atoms with van der Waals surface area (Å²) >= 11 is 1.76. The van der Waals surface area contributed by atoms with Crippen molar-refractivity contribution in [3.63, 3.8) is 0 Å². The van der Waals surface area contributed by atoms with E-state index in [4.69, 9.17) is 17.6 Å². The summed E-state index contributed by atoms with van der Waals surface area (Å²) in [5, 5.41) is 8.95. The number of ether oxygens (including phenoxy) is 1. The number of fused-ring (bicyclic) bond motifs is 2. The van der Waals surface area contributed by atoms with Gasteiger partial charge in [-0.1, -0.05) is 42.1 Å². The molecule has 5 nitrogen and oxygen atoms in total. The van der Waals surface area contributed by atoms with Gasteiger partial charge < -0.3 is 14.7 Å². The first-order valence-corrected chi connectivity index (χ1v) is 10.0. The second kappa shape index (κ2) is 8.89. The normalized spacial score (nSPS) is 18.7. The van der Waals surface area contributed by atoms with E-state index in [1.54, 1.807) is 11.8 Å². The molecule has 2 heterocycles. The number of para-hydroxylation sites is 1. The lowest BCUT2D eigenvalue weighted by Crippen LogP contribution is -2.49. The van der Waals surface area contributed by atoms with E-state index in [-0.39, 0.29) is 6.61 Å². The molecule has 0 amide bonds. The van der Waals surface area contributed by atoms with Gasteiger partial charge in [0, 0.05) is 48.1 Å². The standard InChI is InChI=1S/C21H25N3O2S/c25-14-16-26-15-13-23-9-11-24(12-10-23)21-17-5-1-3-7-19(17)27-20-8-4-2-6-18(20)22-21/h1-8,25H,9-16H2/i16D2. The Morgan fingerprint density at radius 2 is 1.78 bits per heavy atom. The maximum atomic E-state index is 8.95. The Bertz CT molecular complexity index is 886. The molecule has 0 spiro atoms. The van der Waals surface area contributed by atoms with Crippen LogP contribution in [-0.4, -0.2) is 73.2 Å². The summed E-state index contributed by atoms with van der Waals surface area (Å²) in [6.45, 7) is 1.75. The Morgan fingerprint density at radius 3 is 2.59 bits per heavy atom. The molecule has 0 atom stereocenters. The first kappa shape index (κ1) is 16.1. The number of nitrogens with zero attached hydrogens (tertiary/aromatic N) is 3. The average molecular weight is 386 g/mol. The smallest absolute Gasteiger partial charge is 0.137 e. The third kappa shape index (κ3) is 4.35. The number of aliphatic imine (C=N–C) groups is 1. The van der Waals surface area contributed by atoms with Gasteiger partial charge >= 0.3 is 0 Å². The van der Waals surface area contributed by atoms with Crippen molar-refractivity contribution in [2.45, 2.75) is 9.79 Å². The molecule has 0 aliphatic carbocycles. The SMILES string of the molecule is [2H]C([2H])(CO)OCCN1CCN(C2=Nc3ccccc3Sc3ccccc32)CC1. The first-order valence-electron chi connectivity index (χ1n) is 10.2. The number of hydrogen-bond acceptors (Lipinski definition) is 6. The monoisotopic (exact) mass is 385 g/mol. The predicted molar refractivity (Wildman–Crippen MR) is 109 cm³/mol. The summed E-state index contributed by atoms with van der Waals surface area (Å²) in [5.74, 6) is 1.02. The minimum atomic E-state index is -1.97. The lowest BCUT2D eigenvalue weighted by atomic mass is 10.1. The van der Waals surface area contributed by atoms with E-state index in [1.807, 2.05) is 6.07 Å². The van der Waals surface area contributed by atoms with Crippen molar-refractivity contribution >= 4 is 23.3 Å². The first-order chi connectivity index (χ1) is 14.1. The van der Waals surface area contributed by atoms with E-state index in [1.165, 1.54) is 15.4 Å². The molecule has 1 fully saturated rings. The lowest BCUT2D eigenvalue weighted by molar-refractivity contribution is 0.0652. The molecule has 2 aromatic carbocycles. The molecule has 6 heteroatoms. The van der Waals surface area contributed by atoms with Crippen molar-refractivity contribution < 1.29 is 12.6 Å². The topological polar surface area (TPSA) is 48.3 Å². The summed E-state index contributed by atoms with van der Waals surface area (Å²) in [4.78, 5) is 12.0. The molecule has 1 saturated heterocycles. The fourth-order valence-electron chi connectivity index (χ4n) is 3.39. The van der Waals surface area contributed by atoms with Gasteiger partial charge in [-0.05, 0) is 18.2 Å². The fourth-order valence-corrected chi connectivity index (χ4v) is 4.40. The van der Waals surface area contributed by atoms with E-state index < -0.39 is 13.2 Å². The van der Waals surface area contributed by atoms with E-state index in [0.29, 0.717) is 6.54 Å². The van der Waals surface area contributed by atoms with Crippen molar-refractivity contribution in [2.24, 2.45) is 4.99 Å². The molecule has 2 aliphatic heterocycles. The number of aliphatic hydroxyl groups is 1. The minimum absolute atomic E-state index is 0.265. The number of rotatable bonds is 5. The van der Waals surface area contributed by atoms with Gasteiger partial charge in [-0.2, -0.15) is 0 Å². The van der Waals surface area contributed by atoms with Gasteiger partial charge in [-0.25, -0.2) is 4.99 Å². The van der Waals surface area contributed by atoms with Crippen molar-refractivity contribution in [3.8, 4) is 0 Å². The van der Waals surface area contributed by atoms with Crippen molar-refractivity contribution in [3.05, 3.63) is 54.1 Å². The van der Waals surface area contributed by atoms with Crippen LogP contribution in [0.5, 0.6) is 0 Å². The lowest BCUT2D eigenvalue weighted by Gasteiger charge is -2.36. The Morgan fingerprint density at radius 1 is 1.04 bits per heavy atom. The summed E-state index contributed by atoms with van der Waals surface area (Å²) in [6.07, 6.45) is 0. The van der Waals surface area contributed by atoms with Gasteiger partial charge in [0.25, 0.3) is 0 Å². The Kier molecular flexibility index (Phi) is 5.31. The van der Waals surface area contributed by atoms with Crippen LogP contribution in [-0.2, 0) is 4.74 Å². The van der Waals surface area contributed by atoms with E-state index in [9.17, 15) is 0 Å². The third-order valence-corrected chi connectivity index (χ3v) is 5.93. The second-order valence-corrected chi connectivity index (χ2v) is 7.56. The Hall–Kier alpha value is -1.86. The molecule has 142 valence electrons. The van der Waals surface area contributed by atoms with Crippen LogP contribution < -0.4 is 0 Å². The molecule has 2 aromatic rings. The second-order valence-electron chi connectivity index (χ2n) is 6.48. The molecule has 1 N–H and O–H groups in total. The zero-order valence-electron chi connectivity index (χ0n) is 17.2. The molecule has 27 heavy (non-hydrogen) atoms. The van der Waals surface area contributed by atoms with Crippen LogP contribution in [0.25, 0.3) is 0 Å². The van der Waals surface area contributed by atoms with E-state index in [0.717, 1.165) is 37.7 Å². The summed E-state index contributed by atoms with van der Waals surface area (Å²) in [6, 6.07) is 16.7. The highest BCUT2D eigenvalue weighted by Crippen LogP contribution is 2.40. The highest BCUT2D eigenvalue weighted by atomic mass is 32.2. The van der Waals surface area contributed by atoms with Gasteiger partial charge in [0.1, 0.15) is 5.84 Å². The van der Waals surface area contributed by atoms with Crippen LogP contribution in [0, 0.1) is 0 Å². The number of hydrogen-bond donors (Lipinski definition) is 1. The number of aliphatic hydroxyl groups excluding tert-OH is 1. The maximum Gasteiger partial charge on any atom is 0.137 e.